The molecular weight excluding hydrogens is 216 g/mol. The number of carbonyl (C=O) groups excluding carboxylic acids is 2. The van der Waals surface area contributed by atoms with Crippen LogP contribution in [0.1, 0.15) is 19.4 Å². The van der Waals surface area contributed by atoms with Gasteiger partial charge in [-0.15, -0.1) is 12.1 Å². The molecule has 0 fully saturated rings. The van der Waals surface area contributed by atoms with E-state index >= 15 is 0 Å². The van der Waals surface area contributed by atoms with Crippen molar-refractivity contribution < 1.29 is 26.7 Å². The topological polar surface area (TPSA) is 34.1 Å². The third kappa shape index (κ3) is 11.1. The number of benzene rings is 1. The molecule has 1 aromatic carbocycles. The van der Waals surface area contributed by atoms with Crippen LogP contribution in [0.3, 0.4) is 0 Å². The molecule has 0 heterocycles. The second-order valence-corrected chi connectivity index (χ2v) is 2.38. The summed E-state index contributed by atoms with van der Waals surface area (Å²) < 4.78 is 0. The van der Waals surface area contributed by atoms with Crippen molar-refractivity contribution in [2.24, 2.45) is 0 Å². The van der Waals surface area contributed by atoms with Crippen LogP contribution in [0.15, 0.2) is 30.3 Å². The van der Waals surface area contributed by atoms with Gasteiger partial charge in [0.25, 0.3) is 0 Å². The van der Waals surface area contributed by atoms with Crippen LogP contribution in [-0.2, 0) is 26.7 Å². The van der Waals surface area contributed by atoms with Gasteiger partial charge < -0.3 is 9.59 Å². The van der Waals surface area contributed by atoms with E-state index in [9.17, 15) is 9.59 Å². The standard InChI is InChI=1S/C7H5O.C3H6O.Cu/c8-6-7-4-2-1-3-5-7;1-3(2)4;/h1-5H;1-2H3;/q-1;;+1. The summed E-state index contributed by atoms with van der Waals surface area (Å²) >= 11 is 0. The zero-order valence-corrected chi connectivity index (χ0v) is 8.45. The van der Waals surface area contributed by atoms with E-state index in [-0.39, 0.29) is 22.9 Å². The van der Waals surface area contributed by atoms with E-state index in [1.165, 1.54) is 13.8 Å². The molecule has 0 aliphatic heterocycles. The van der Waals surface area contributed by atoms with Crippen LogP contribution < -0.4 is 0 Å². The van der Waals surface area contributed by atoms with Gasteiger partial charge in [-0.25, -0.2) is 0 Å². The van der Waals surface area contributed by atoms with E-state index in [4.69, 9.17) is 0 Å². The quantitative estimate of drug-likeness (QED) is 0.540. The molecule has 0 saturated heterocycles. The molecule has 1 rings (SSSR count). The average molecular weight is 227 g/mol. The molecule has 0 aromatic heterocycles. The van der Waals surface area contributed by atoms with Crippen molar-refractivity contribution in [2.75, 3.05) is 0 Å². The van der Waals surface area contributed by atoms with Gasteiger partial charge in [0, 0.05) is 0 Å². The van der Waals surface area contributed by atoms with Crippen LogP contribution in [0.5, 0.6) is 0 Å². The minimum Gasteiger partial charge on any atom is -0.376 e. The maximum absolute atomic E-state index is 9.88. The van der Waals surface area contributed by atoms with E-state index in [2.05, 4.69) is 0 Å². The Hall–Kier alpha value is -0.921. The molecule has 0 amide bonds. The smallest absolute Gasteiger partial charge is 0.376 e. The fourth-order valence-electron chi connectivity index (χ4n) is 0.506. The van der Waals surface area contributed by atoms with Gasteiger partial charge >= 0.3 is 17.1 Å². The maximum Gasteiger partial charge on any atom is 1.00 e. The summed E-state index contributed by atoms with van der Waals surface area (Å²) in [5.74, 6) is 0.167. The second kappa shape index (κ2) is 9.17. The zero-order valence-electron chi connectivity index (χ0n) is 7.50. The molecule has 0 aliphatic rings. The van der Waals surface area contributed by atoms with Gasteiger partial charge in [0.1, 0.15) is 5.78 Å². The predicted octanol–water partition coefficient (Wildman–Crippen LogP) is 1.74. The number of Topliss-reactive ketones (excluding diaryl/α,β-unsaturated/α-hetero) is 1. The number of ketones is 1. The number of carbonyl (C=O) groups is 1. The first-order valence-corrected chi connectivity index (χ1v) is 3.57. The Balaban J connectivity index is 0. The largest absolute Gasteiger partial charge is 1.00 e. The third-order valence-electron chi connectivity index (χ3n) is 0.892. The van der Waals surface area contributed by atoms with E-state index < -0.39 is 0 Å². The Morgan fingerprint density at radius 3 is 1.77 bits per heavy atom. The first-order valence-electron chi connectivity index (χ1n) is 3.57. The Morgan fingerprint density at radius 1 is 1.15 bits per heavy atom. The van der Waals surface area contributed by atoms with Crippen LogP contribution in [-0.4, -0.2) is 12.1 Å². The van der Waals surface area contributed by atoms with Gasteiger partial charge in [-0.1, -0.05) is 6.07 Å². The summed E-state index contributed by atoms with van der Waals surface area (Å²) in [5.41, 5.74) is 0.604. The molecule has 3 heteroatoms. The van der Waals surface area contributed by atoms with Crippen molar-refractivity contribution in [1.82, 2.24) is 0 Å². The molecular formula is C10H11CuO2. The van der Waals surface area contributed by atoms with Gasteiger partial charge in [0.2, 0.25) is 0 Å². The molecule has 2 nitrogen and oxygen atoms in total. The predicted molar refractivity (Wildman–Crippen MR) is 47.6 cm³/mol. The summed E-state index contributed by atoms with van der Waals surface area (Å²) in [6, 6.07) is 8.90. The van der Waals surface area contributed by atoms with E-state index in [1.54, 1.807) is 30.6 Å². The van der Waals surface area contributed by atoms with Crippen molar-refractivity contribution in [1.29, 1.82) is 0 Å². The number of hydrogen-bond donors (Lipinski definition) is 0. The molecule has 0 atom stereocenters. The van der Waals surface area contributed by atoms with E-state index in [0.717, 1.165) is 0 Å². The SMILES string of the molecule is CC(C)=O.O=[C-]c1ccccc1.[Cu+]. The van der Waals surface area contributed by atoms with Crippen LogP contribution in [0.4, 0.5) is 0 Å². The molecule has 0 aliphatic carbocycles. The summed E-state index contributed by atoms with van der Waals surface area (Å²) in [7, 11) is 0. The summed E-state index contributed by atoms with van der Waals surface area (Å²) in [6.45, 7) is 3.06. The van der Waals surface area contributed by atoms with Crippen LogP contribution >= 0.6 is 0 Å². The first kappa shape index (κ1) is 14.6. The van der Waals surface area contributed by atoms with E-state index in [0.29, 0.717) is 5.56 Å². The van der Waals surface area contributed by atoms with Crippen molar-refractivity contribution in [3.8, 4) is 0 Å². The Kier molecular flexibility index (Phi) is 10.3. The zero-order chi connectivity index (χ0) is 9.40. The van der Waals surface area contributed by atoms with Gasteiger partial charge in [-0.2, -0.15) is 17.7 Å². The molecule has 0 radical (unpaired) electrons. The second-order valence-electron chi connectivity index (χ2n) is 2.38. The van der Waals surface area contributed by atoms with Crippen LogP contribution in [0.25, 0.3) is 0 Å². The Bertz CT molecular complexity index is 240. The van der Waals surface area contributed by atoms with Crippen molar-refractivity contribution in [3.05, 3.63) is 35.9 Å². The molecule has 0 N–H and O–H groups in total. The van der Waals surface area contributed by atoms with Gasteiger partial charge in [-0.05, 0) is 13.8 Å². The third-order valence-corrected chi connectivity index (χ3v) is 0.892. The summed E-state index contributed by atoms with van der Waals surface area (Å²) in [6.07, 6.45) is 1.78. The molecule has 13 heavy (non-hydrogen) atoms. The monoisotopic (exact) mass is 226 g/mol. The van der Waals surface area contributed by atoms with Gasteiger partial charge in [0.05, 0.1) is 6.29 Å². The molecule has 0 spiro atoms. The average Bonchev–Trinajstić information content (AvgIpc) is 2.05. The number of hydrogen-bond acceptors (Lipinski definition) is 2. The maximum atomic E-state index is 9.88. The first-order chi connectivity index (χ1) is 5.66. The van der Waals surface area contributed by atoms with Gasteiger partial charge in [-0.3, -0.25) is 0 Å². The van der Waals surface area contributed by atoms with E-state index in [1.807, 2.05) is 6.07 Å². The minimum atomic E-state index is 0. The molecule has 0 bridgehead atoms. The normalized spacial score (nSPS) is 7.23. The Morgan fingerprint density at radius 2 is 1.54 bits per heavy atom. The molecule has 1 aromatic rings. The fraction of sp³-hybridized carbons (Fsp3) is 0.200. The molecule has 0 unspecified atom stereocenters. The molecule has 74 valence electrons. The van der Waals surface area contributed by atoms with Crippen LogP contribution in [0, 0.1) is 0 Å². The number of rotatable bonds is 1. The van der Waals surface area contributed by atoms with Crippen LogP contribution in [0.2, 0.25) is 0 Å². The molecule has 0 saturated carbocycles. The van der Waals surface area contributed by atoms with Crippen molar-refractivity contribution in [3.63, 3.8) is 0 Å². The Labute approximate surface area is 88.8 Å². The summed E-state index contributed by atoms with van der Waals surface area (Å²) in [5, 5.41) is 0. The fourth-order valence-corrected chi connectivity index (χ4v) is 0.506. The van der Waals surface area contributed by atoms with Crippen molar-refractivity contribution >= 4 is 12.1 Å². The summed E-state index contributed by atoms with van der Waals surface area (Å²) in [4.78, 5) is 19.3. The van der Waals surface area contributed by atoms with Crippen molar-refractivity contribution in [2.45, 2.75) is 13.8 Å². The van der Waals surface area contributed by atoms with Gasteiger partial charge in [0.15, 0.2) is 0 Å². The minimum absolute atomic E-state index is 0.